The Kier molecular flexibility index (Phi) is 27.4. The summed E-state index contributed by atoms with van der Waals surface area (Å²) in [5.41, 5.74) is -1.56. The smallest absolute Gasteiger partial charge is 0.343 e. The third kappa shape index (κ3) is 18.1. The van der Waals surface area contributed by atoms with Crippen LogP contribution in [0.25, 0.3) is 0 Å². The number of piperidine rings is 1. The predicted molar refractivity (Wildman–Crippen MR) is 361 cm³/mol. The number of fused-ring (bicyclic) bond motifs is 2. The van der Waals surface area contributed by atoms with Crippen LogP contribution in [0.5, 0.6) is 0 Å². The van der Waals surface area contributed by atoms with Crippen molar-refractivity contribution < 1.29 is 70.7 Å². The van der Waals surface area contributed by atoms with Gasteiger partial charge in [-0.05, 0) is 139 Å². The number of likely N-dealkylation sites (tertiary alicyclic amines) is 1. The quantitative estimate of drug-likeness (QED) is 0.235. The Morgan fingerprint density at radius 1 is 0.622 bits per heavy atom. The summed E-state index contributed by atoms with van der Waals surface area (Å²) in [4.78, 5) is 191. The lowest BCUT2D eigenvalue weighted by Gasteiger charge is -2.45. The Balaban J connectivity index is 1.27. The number of rotatable bonds is 10. The van der Waals surface area contributed by atoms with Crippen molar-refractivity contribution >= 4 is 82.5 Å². The zero-order valence-corrected chi connectivity index (χ0v) is 61.0. The zero-order valence-electron chi connectivity index (χ0n) is 60.3. The molecule has 4 heterocycles. The summed E-state index contributed by atoms with van der Waals surface area (Å²) in [6, 6.07) is -10.8. The van der Waals surface area contributed by atoms with Crippen molar-refractivity contribution in [2.75, 3.05) is 75.0 Å². The van der Waals surface area contributed by atoms with Crippen LogP contribution in [0.3, 0.4) is 0 Å². The van der Waals surface area contributed by atoms with E-state index >= 15 is 24.0 Å². The first kappa shape index (κ1) is 79.1. The topological polar surface area (TPSA) is 270 Å². The van der Waals surface area contributed by atoms with E-state index < -0.39 is 173 Å². The molecule has 7 aliphatic rings. The minimum absolute atomic E-state index is 0.00122. The first-order chi connectivity index (χ1) is 46.1. The van der Waals surface area contributed by atoms with Gasteiger partial charge >= 0.3 is 6.18 Å². The van der Waals surface area contributed by atoms with Crippen molar-refractivity contribution in [1.29, 1.82) is 0 Å². The second kappa shape index (κ2) is 33.9. The van der Waals surface area contributed by atoms with Crippen molar-refractivity contribution in [3.8, 4) is 0 Å². The SMILES string of the molecule is CC[C@H](C)[C@@H]1NC(=O)[C@H](CC(C)C)N(C)C(=O)C[C@@H](C(=O)N2CCCCC2)N(C)C(=O)[C@H](C(C)C)N(C)C(=O)C2(CCCC2)NC(=O)[C@@H]2CCCN2C(=O)[C@H](CCC2CCC(C(F)(F)F)C(Cl)C2)NC(=O)CN(C)C(=O)[C@H](C2CCCC2)N(C)C(=O)[C@@H]2CCN2C(=O)[C@H](C)N(C)C1=O. The molecule has 28 heteroatoms. The van der Waals surface area contributed by atoms with Gasteiger partial charge in [-0.2, -0.15) is 13.2 Å². The van der Waals surface area contributed by atoms with Crippen LogP contribution in [0.15, 0.2) is 0 Å². The van der Waals surface area contributed by atoms with Crippen LogP contribution in [0, 0.1) is 35.5 Å². The zero-order chi connectivity index (χ0) is 72.6. The second-order valence-electron chi connectivity index (χ2n) is 30.3. The molecule has 1 spiro atoms. The summed E-state index contributed by atoms with van der Waals surface area (Å²) >= 11 is 6.39. The van der Waals surface area contributed by atoms with Gasteiger partial charge in [0, 0.05) is 73.8 Å². The third-order valence-corrected chi connectivity index (χ3v) is 23.2. The van der Waals surface area contributed by atoms with Crippen molar-refractivity contribution in [1.82, 2.24) is 60.0 Å². The van der Waals surface area contributed by atoms with Gasteiger partial charge < -0.3 is 60.0 Å². The maximum Gasteiger partial charge on any atom is 0.393 e. The largest absolute Gasteiger partial charge is 0.393 e. The van der Waals surface area contributed by atoms with E-state index in [2.05, 4.69) is 16.0 Å². The number of carbonyl (C=O) groups excluding carboxylic acids is 12. The number of likely N-dealkylation sites (N-methyl/N-ethyl adjacent to an activating group) is 6. The fourth-order valence-electron chi connectivity index (χ4n) is 16.2. The van der Waals surface area contributed by atoms with E-state index in [1.54, 1.807) is 25.7 Å². The van der Waals surface area contributed by atoms with Gasteiger partial charge in [-0.3, -0.25) is 57.5 Å². The molecule has 24 nitrogen and oxygen atoms in total. The summed E-state index contributed by atoms with van der Waals surface area (Å²) in [5.74, 6) is -11.0. The molecule has 0 aromatic carbocycles. The molecule has 4 aliphatic heterocycles. The minimum Gasteiger partial charge on any atom is -0.343 e. The predicted octanol–water partition coefficient (Wildman–Crippen LogP) is 5.31. The number of hydrogen-bond donors (Lipinski definition) is 3. The van der Waals surface area contributed by atoms with Crippen LogP contribution in [-0.2, 0) is 57.5 Å². The number of carbonyl (C=O) groups is 12. The molecule has 12 amide bonds. The minimum atomic E-state index is -4.51. The lowest BCUT2D eigenvalue weighted by atomic mass is 9.78. The summed E-state index contributed by atoms with van der Waals surface area (Å²) in [6.45, 7) is 12.8. The first-order valence-electron chi connectivity index (χ1n) is 36.2. The van der Waals surface area contributed by atoms with Crippen LogP contribution in [0.1, 0.15) is 190 Å². The molecule has 0 bridgehead atoms. The molecular weight excluding hydrogens is 1290 g/mol. The van der Waals surface area contributed by atoms with Crippen LogP contribution in [0.4, 0.5) is 13.2 Å². The average molecular weight is 1410 g/mol. The normalized spacial score (nSPS) is 31.3. The molecular formula is C70H112ClF3N12O12. The highest BCUT2D eigenvalue weighted by Crippen LogP contribution is 2.44. The number of nitrogens with one attached hydrogen (secondary N) is 3. The van der Waals surface area contributed by atoms with Crippen molar-refractivity contribution in [3.05, 3.63) is 0 Å². The summed E-state index contributed by atoms with van der Waals surface area (Å²) < 4.78 is 41.9. The Bertz CT molecular complexity index is 2910. The van der Waals surface area contributed by atoms with E-state index in [0.29, 0.717) is 64.5 Å². The third-order valence-electron chi connectivity index (χ3n) is 22.8. The second-order valence-corrected chi connectivity index (χ2v) is 30.8. The van der Waals surface area contributed by atoms with E-state index in [1.807, 2.05) is 20.8 Å². The maximum absolute atomic E-state index is 15.4. The molecule has 3 aliphatic carbocycles. The molecule has 552 valence electrons. The summed E-state index contributed by atoms with van der Waals surface area (Å²) in [6.07, 6.45) is 2.63. The van der Waals surface area contributed by atoms with Gasteiger partial charge in [-0.25, -0.2) is 0 Å². The number of amides is 12. The molecule has 3 N–H and O–H groups in total. The molecule has 4 saturated heterocycles. The van der Waals surface area contributed by atoms with E-state index in [4.69, 9.17) is 11.6 Å². The highest BCUT2D eigenvalue weighted by molar-refractivity contribution is 6.21. The van der Waals surface area contributed by atoms with Gasteiger partial charge in [-0.1, -0.05) is 73.6 Å². The molecule has 7 fully saturated rings. The molecule has 0 aromatic heterocycles. The van der Waals surface area contributed by atoms with Gasteiger partial charge in [0.2, 0.25) is 70.9 Å². The Morgan fingerprint density at radius 3 is 1.83 bits per heavy atom. The van der Waals surface area contributed by atoms with Crippen LogP contribution < -0.4 is 16.0 Å². The van der Waals surface area contributed by atoms with Gasteiger partial charge in [0.05, 0.1) is 18.9 Å². The number of alkyl halides is 4. The van der Waals surface area contributed by atoms with Gasteiger partial charge in [0.1, 0.15) is 59.9 Å². The average Bonchev–Trinajstić information content (AvgIpc) is 1.31. The van der Waals surface area contributed by atoms with Crippen LogP contribution >= 0.6 is 11.6 Å². The highest BCUT2D eigenvalue weighted by atomic mass is 35.5. The maximum atomic E-state index is 15.4. The van der Waals surface area contributed by atoms with Crippen LogP contribution in [0.2, 0.25) is 0 Å². The molecule has 98 heavy (non-hydrogen) atoms. The lowest BCUT2D eigenvalue weighted by Crippen LogP contribution is -2.65. The van der Waals surface area contributed by atoms with Gasteiger partial charge in [0.25, 0.3) is 0 Å². The molecule has 3 saturated carbocycles. The summed E-state index contributed by atoms with van der Waals surface area (Å²) in [7, 11) is 8.66. The van der Waals surface area contributed by atoms with Gasteiger partial charge in [-0.15, -0.1) is 11.6 Å². The molecule has 3 unspecified atom stereocenters. The van der Waals surface area contributed by atoms with E-state index in [0.717, 1.165) is 19.3 Å². The van der Waals surface area contributed by atoms with E-state index in [9.17, 15) is 46.7 Å². The fourth-order valence-corrected chi connectivity index (χ4v) is 16.8. The number of halogens is 4. The Labute approximate surface area is 582 Å². The number of hydrogen-bond acceptors (Lipinski definition) is 12. The summed E-state index contributed by atoms with van der Waals surface area (Å²) in [5, 5.41) is 7.59. The molecule has 7 rings (SSSR count). The molecule has 13 atom stereocenters. The van der Waals surface area contributed by atoms with Crippen molar-refractivity contribution in [2.45, 2.75) is 261 Å². The lowest BCUT2D eigenvalue weighted by molar-refractivity contribution is -0.182. The fraction of sp³-hybridized carbons (Fsp3) is 0.829. The monoisotopic (exact) mass is 1400 g/mol. The van der Waals surface area contributed by atoms with Crippen molar-refractivity contribution in [3.63, 3.8) is 0 Å². The molecule has 0 radical (unpaired) electrons. The van der Waals surface area contributed by atoms with Crippen molar-refractivity contribution in [2.24, 2.45) is 35.5 Å². The standard InChI is InChI=1S/C70H112ClF3N12O12/c1-14-43(6)56-65(95)79(9)44(7)61(91)86-36-30-51(86)63(93)82(12)58(46-23-16-17-24-46)66(96)78(8)40-54(87)75-49(29-27-45-26-28-47(48(71)38-45)70(72,73)74)62(92)85-35-22-25-50(85)60(90)77-69(31-18-19-32-69)68(98)83(13)57(42(4)5)67(97)81(11)53(64(94)84-33-20-15-21-34-84)39-55(88)80(10)52(37-41(2)3)59(89)76-56/h41-53,56-58H,14-40H2,1-13H3,(H,75,87)(H,76,89)(H,77,90)/t43-,44-,45?,47?,48?,49-,50-,51-,52-,53-,56-,57-,58-/m0/s1. The van der Waals surface area contributed by atoms with E-state index in [1.165, 1.54) is 88.4 Å². The molecule has 0 aromatic rings. The number of nitrogens with zero attached hydrogens (tertiary/aromatic N) is 9. The van der Waals surface area contributed by atoms with Gasteiger partial charge in [0.15, 0.2) is 0 Å². The van der Waals surface area contributed by atoms with E-state index in [-0.39, 0.29) is 95.1 Å². The Morgan fingerprint density at radius 2 is 1.26 bits per heavy atom. The Hall–Kier alpha value is -6.28. The first-order valence-corrected chi connectivity index (χ1v) is 36.6. The van der Waals surface area contributed by atoms with Crippen LogP contribution in [-0.4, -0.2) is 261 Å². The highest BCUT2D eigenvalue weighted by Gasteiger charge is 2.53.